The fourth-order valence-electron chi connectivity index (χ4n) is 1.88. The van der Waals surface area contributed by atoms with E-state index in [9.17, 15) is 9.59 Å². The van der Waals surface area contributed by atoms with Crippen LogP contribution in [0.3, 0.4) is 0 Å². The van der Waals surface area contributed by atoms with E-state index in [1.807, 2.05) is 37.3 Å². The Hall–Kier alpha value is -1.64. The third kappa shape index (κ3) is 3.69. The van der Waals surface area contributed by atoms with E-state index in [2.05, 4.69) is 0 Å². The molecule has 0 saturated carbocycles. The maximum atomic E-state index is 12.0. The number of ketones is 1. The van der Waals surface area contributed by atoms with Crippen LogP contribution in [0.15, 0.2) is 30.3 Å². The molecule has 1 N–H and O–H groups in total. The summed E-state index contributed by atoms with van der Waals surface area (Å²) in [4.78, 5) is 22.9. The lowest BCUT2D eigenvalue weighted by Crippen LogP contribution is -2.26. The van der Waals surface area contributed by atoms with Crippen LogP contribution in [-0.4, -0.2) is 16.9 Å². The van der Waals surface area contributed by atoms with E-state index in [1.54, 1.807) is 13.8 Å². The van der Waals surface area contributed by atoms with Crippen molar-refractivity contribution >= 4 is 11.8 Å². The first kappa shape index (κ1) is 14.4. The van der Waals surface area contributed by atoms with Crippen molar-refractivity contribution < 1.29 is 14.7 Å². The number of carboxylic acids is 1. The smallest absolute Gasteiger partial charge is 0.306 e. The minimum atomic E-state index is -0.914. The number of rotatable bonds is 6. The van der Waals surface area contributed by atoms with Gasteiger partial charge in [-0.3, -0.25) is 9.59 Å². The molecule has 0 bridgehead atoms. The van der Waals surface area contributed by atoms with Gasteiger partial charge in [-0.2, -0.15) is 0 Å². The lowest BCUT2D eigenvalue weighted by molar-refractivity contribution is -0.145. The summed E-state index contributed by atoms with van der Waals surface area (Å²) in [6.07, 6.45) is 0.392. The molecule has 0 spiro atoms. The highest BCUT2D eigenvalue weighted by Crippen LogP contribution is 2.23. The minimum Gasteiger partial charge on any atom is -0.481 e. The first-order chi connectivity index (χ1) is 8.43. The summed E-state index contributed by atoms with van der Waals surface area (Å²) in [7, 11) is 0. The predicted octanol–water partition coefficient (Wildman–Crippen LogP) is 3.11. The van der Waals surface area contributed by atoms with Crippen LogP contribution in [0.1, 0.15) is 38.7 Å². The summed E-state index contributed by atoms with van der Waals surface area (Å²) in [5.41, 5.74) is 1.11. The molecule has 0 aliphatic carbocycles. The van der Waals surface area contributed by atoms with Crippen LogP contribution in [0, 0.1) is 11.8 Å². The Morgan fingerprint density at radius 2 is 1.61 bits per heavy atom. The van der Waals surface area contributed by atoms with Gasteiger partial charge in [0.05, 0.1) is 5.92 Å². The van der Waals surface area contributed by atoms with Gasteiger partial charge >= 0.3 is 5.97 Å². The van der Waals surface area contributed by atoms with Gasteiger partial charge in [-0.15, -0.1) is 0 Å². The molecule has 0 fully saturated rings. The standard InChI is InChI=1S/C15H20O3/c1-10(13-7-5-4-6-8-13)9-14(16)11(2)12(3)15(17)18/h4-8,10-12H,9H2,1-3H3,(H,17,18). The first-order valence-corrected chi connectivity index (χ1v) is 6.24. The van der Waals surface area contributed by atoms with Gasteiger partial charge in [0.1, 0.15) is 5.78 Å². The van der Waals surface area contributed by atoms with Gasteiger partial charge in [0, 0.05) is 12.3 Å². The SMILES string of the molecule is CC(CC(=O)C(C)C(C)C(=O)O)c1ccccc1. The highest BCUT2D eigenvalue weighted by molar-refractivity contribution is 5.86. The molecule has 3 atom stereocenters. The average Bonchev–Trinajstić information content (AvgIpc) is 2.37. The summed E-state index contributed by atoms with van der Waals surface area (Å²) in [6.45, 7) is 5.27. The zero-order valence-corrected chi connectivity index (χ0v) is 11.1. The molecule has 0 heterocycles. The number of Topliss-reactive ketones (excluding diaryl/α,β-unsaturated/α-hetero) is 1. The van der Waals surface area contributed by atoms with E-state index < -0.39 is 17.8 Å². The molecular weight excluding hydrogens is 228 g/mol. The first-order valence-electron chi connectivity index (χ1n) is 6.24. The molecule has 3 unspecified atom stereocenters. The average molecular weight is 248 g/mol. The van der Waals surface area contributed by atoms with Crippen LogP contribution >= 0.6 is 0 Å². The fraction of sp³-hybridized carbons (Fsp3) is 0.467. The largest absolute Gasteiger partial charge is 0.481 e. The molecular formula is C15H20O3. The zero-order valence-electron chi connectivity index (χ0n) is 11.1. The van der Waals surface area contributed by atoms with E-state index in [-0.39, 0.29) is 11.7 Å². The second-order valence-electron chi connectivity index (χ2n) is 4.90. The van der Waals surface area contributed by atoms with Gasteiger partial charge in [-0.1, -0.05) is 51.1 Å². The van der Waals surface area contributed by atoms with Crippen LogP contribution in [0.4, 0.5) is 0 Å². The quantitative estimate of drug-likeness (QED) is 0.841. The third-order valence-electron chi connectivity index (χ3n) is 3.52. The molecule has 1 rings (SSSR count). The number of carbonyl (C=O) groups is 2. The number of hydrogen-bond acceptors (Lipinski definition) is 2. The summed E-state index contributed by atoms with van der Waals surface area (Å²) >= 11 is 0. The molecule has 0 radical (unpaired) electrons. The molecule has 1 aromatic carbocycles. The third-order valence-corrected chi connectivity index (χ3v) is 3.52. The lowest BCUT2D eigenvalue weighted by atomic mass is 9.85. The van der Waals surface area contributed by atoms with Crippen molar-refractivity contribution in [2.24, 2.45) is 11.8 Å². The molecule has 0 amide bonds. The summed E-state index contributed by atoms with van der Waals surface area (Å²) in [5.74, 6) is -1.83. The highest BCUT2D eigenvalue weighted by Gasteiger charge is 2.26. The van der Waals surface area contributed by atoms with Crippen molar-refractivity contribution in [3.63, 3.8) is 0 Å². The Kier molecular flexibility index (Phi) is 5.08. The van der Waals surface area contributed by atoms with E-state index >= 15 is 0 Å². The van der Waals surface area contributed by atoms with Gasteiger partial charge in [0.2, 0.25) is 0 Å². The van der Waals surface area contributed by atoms with E-state index in [0.29, 0.717) is 6.42 Å². The molecule has 0 aliphatic heterocycles. The maximum absolute atomic E-state index is 12.0. The normalized spacial score (nSPS) is 15.7. The fourth-order valence-corrected chi connectivity index (χ4v) is 1.88. The van der Waals surface area contributed by atoms with Crippen molar-refractivity contribution in [2.45, 2.75) is 33.1 Å². The highest BCUT2D eigenvalue weighted by atomic mass is 16.4. The molecule has 0 aromatic heterocycles. The van der Waals surface area contributed by atoms with Crippen molar-refractivity contribution in [1.29, 1.82) is 0 Å². The second-order valence-corrected chi connectivity index (χ2v) is 4.90. The van der Waals surface area contributed by atoms with Crippen LogP contribution in [0.2, 0.25) is 0 Å². The molecule has 98 valence electrons. The second kappa shape index (κ2) is 6.34. The topological polar surface area (TPSA) is 54.4 Å². The van der Waals surface area contributed by atoms with E-state index in [0.717, 1.165) is 5.56 Å². The molecule has 0 saturated heterocycles. The van der Waals surface area contributed by atoms with Crippen LogP contribution in [0.25, 0.3) is 0 Å². The summed E-state index contributed by atoms with van der Waals surface area (Å²) in [5, 5.41) is 8.90. The zero-order chi connectivity index (χ0) is 13.7. The van der Waals surface area contributed by atoms with E-state index in [1.165, 1.54) is 0 Å². The Morgan fingerprint density at radius 1 is 1.06 bits per heavy atom. The molecule has 3 heteroatoms. The van der Waals surface area contributed by atoms with Crippen LogP contribution in [0.5, 0.6) is 0 Å². The molecule has 0 aliphatic rings. The van der Waals surface area contributed by atoms with Gasteiger partial charge in [-0.25, -0.2) is 0 Å². The van der Waals surface area contributed by atoms with Crippen molar-refractivity contribution in [3.8, 4) is 0 Å². The van der Waals surface area contributed by atoms with Crippen molar-refractivity contribution in [2.75, 3.05) is 0 Å². The van der Waals surface area contributed by atoms with Gasteiger partial charge in [-0.05, 0) is 11.5 Å². The Labute approximate surface area is 108 Å². The summed E-state index contributed by atoms with van der Waals surface area (Å²) in [6, 6.07) is 9.80. The van der Waals surface area contributed by atoms with Crippen molar-refractivity contribution in [3.05, 3.63) is 35.9 Å². The minimum absolute atomic E-state index is 0.0150. The predicted molar refractivity (Wildman–Crippen MR) is 70.4 cm³/mol. The Morgan fingerprint density at radius 3 is 2.11 bits per heavy atom. The number of benzene rings is 1. The molecule has 18 heavy (non-hydrogen) atoms. The van der Waals surface area contributed by atoms with Gasteiger partial charge in [0.25, 0.3) is 0 Å². The lowest BCUT2D eigenvalue weighted by Gasteiger charge is -2.17. The van der Waals surface area contributed by atoms with Crippen molar-refractivity contribution in [1.82, 2.24) is 0 Å². The molecule has 1 aromatic rings. The van der Waals surface area contributed by atoms with Crippen LogP contribution < -0.4 is 0 Å². The Bertz CT molecular complexity index is 411. The Balaban J connectivity index is 2.62. The number of hydrogen-bond donors (Lipinski definition) is 1. The summed E-state index contributed by atoms with van der Waals surface area (Å²) < 4.78 is 0. The number of carboxylic acid groups (broad SMARTS) is 1. The monoisotopic (exact) mass is 248 g/mol. The van der Waals surface area contributed by atoms with Crippen LogP contribution in [-0.2, 0) is 9.59 Å². The van der Waals surface area contributed by atoms with Gasteiger partial charge in [0.15, 0.2) is 0 Å². The maximum Gasteiger partial charge on any atom is 0.306 e. The van der Waals surface area contributed by atoms with Gasteiger partial charge < -0.3 is 5.11 Å². The van der Waals surface area contributed by atoms with E-state index in [4.69, 9.17) is 5.11 Å². The number of carbonyl (C=O) groups excluding carboxylic acids is 1. The number of aliphatic carboxylic acids is 1. The molecule has 3 nitrogen and oxygen atoms in total.